The van der Waals surface area contributed by atoms with Crippen molar-refractivity contribution in [1.29, 1.82) is 0 Å². The molecule has 1 saturated carbocycles. The van der Waals surface area contributed by atoms with Gasteiger partial charge in [-0.15, -0.1) is 0 Å². The van der Waals surface area contributed by atoms with E-state index in [2.05, 4.69) is 5.32 Å². The second-order valence-corrected chi connectivity index (χ2v) is 5.37. The van der Waals surface area contributed by atoms with Crippen LogP contribution >= 0.6 is 11.6 Å². The molecule has 1 N–H and O–H groups in total. The third-order valence-electron chi connectivity index (χ3n) is 3.47. The summed E-state index contributed by atoms with van der Waals surface area (Å²) in [5.74, 6) is 1.04. The Morgan fingerprint density at radius 3 is 2.70 bits per heavy atom. The lowest BCUT2D eigenvalue weighted by Gasteiger charge is -2.17. The molecule has 0 unspecified atom stereocenters. The van der Waals surface area contributed by atoms with E-state index in [1.807, 2.05) is 0 Å². The summed E-state index contributed by atoms with van der Waals surface area (Å²) in [5.41, 5.74) is 0.540. The van der Waals surface area contributed by atoms with E-state index in [4.69, 9.17) is 21.1 Å². The molecule has 0 amide bonds. The summed E-state index contributed by atoms with van der Waals surface area (Å²) in [6, 6.07) is 3.35. The molecule has 1 aromatic rings. The van der Waals surface area contributed by atoms with Crippen molar-refractivity contribution in [1.82, 2.24) is 5.32 Å². The molecule has 0 aromatic heterocycles. The fourth-order valence-electron chi connectivity index (χ4n) is 2.46. The highest BCUT2D eigenvalue weighted by atomic mass is 35.5. The minimum absolute atomic E-state index is 0.0201. The summed E-state index contributed by atoms with van der Waals surface area (Å²) in [6.07, 6.45) is 4.62. The SMILES string of the molecule is CNCC(=O)c1cc(Cl)c(OC)c(OC2CCCC2)c1. The molecule has 0 aliphatic heterocycles. The van der Waals surface area contributed by atoms with Crippen molar-refractivity contribution in [2.24, 2.45) is 0 Å². The molecule has 0 saturated heterocycles. The fraction of sp³-hybridized carbons (Fsp3) is 0.533. The number of benzene rings is 1. The van der Waals surface area contributed by atoms with E-state index >= 15 is 0 Å². The first-order valence-electron chi connectivity index (χ1n) is 6.87. The van der Waals surface area contributed by atoms with E-state index in [9.17, 15) is 4.79 Å². The van der Waals surface area contributed by atoms with Crippen LogP contribution in [0.4, 0.5) is 0 Å². The van der Waals surface area contributed by atoms with Gasteiger partial charge in [-0.2, -0.15) is 0 Å². The highest BCUT2D eigenvalue weighted by Crippen LogP contribution is 2.38. The normalized spacial score (nSPS) is 15.3. The third-order valence-corrected chi connectivity index (χ3v) is 3.75. The van der Waals surface area contributed by atoms with Gasteiger partial charge in [0.05, 0.1) is 24.8 Å². The summed E-state index contributed by atoms with van der Waals surface area (Å²) in [7, 11) is 3.29. The van der Waals surface area contributed by atoms with Crippen LogP contribution in [0.5, 0.6) is 11.5 Å². The van der Waals surface area contributed by atoms with Gasteiger partial charge in [-0.1, -0.05) is 11.6 Å². The van der Waals surface area contributed by atoms with E-state index in [1.54, 1.807) is 26.3 Å². The minimum atomic E-state index is -0.0201. The van der Waals surface area contributed by atoms with Crippen LogP contribution in [-0.2, 0) is 0 Å². The number of carbonyl (C=O) groups excluding carboxylic acids is 1. The topological polar surface area (TPSA) is 47.6 Å². The number of rotatable bonds is 6. The van der Waals surface area contributed by atoms with Gasteiger partial charge in [-0.05, 0) is 44.9 Å². The summed E-state index contributed by atoms with van der Waals surface area (Å²) >= 11 is 6.19. The Kier molecular flexibility index (Phi) is 5.26. The standard InChI is InChI=1S/C15H20ClNO3/c1-17-9-13(18)10-7-12(16)15(19-2)14(8-10)20-11-5-3-4-6-11/h7-8,11,17H,3-6,9H2,1-2H3. The van der Waals surface area contributed by atoms with Crippen molar-refractivity contribution in [3.05, 3.63) is 22.7 Å². The Balaban J connectivity index is 2.28. The summed E-state index contributed by atoms with van der Waals surface area (Å²) in [4.78, 5) is 12.0. The lowest BCUT2D eigenvalue weighted by Crippen LogP contribution is -2.19. The summed E-state index contributed by atoms with van der Waals surface area (Å²) < 4.78 is 11.3. The van der Waals surface area contributed by atoms with Gasteiger partial charge in [0.25, 0.3) is 0 Å². The van der Waals surface area contributed by atoms with E-state index in [-0.39, 0.29) is 18.4 Å². The highest BCUT2D eigenvalue weighted by molar-refractivity contribution is 6.32. The molecule has 0 atom stereocenters. The van der Waals surface area contributed by atoms with Crippen molar-refractivity contribution in [3.63, 3.8) is 0 Å². The molecule has 5 heteroatoms. The van der Waals surface area contributed by atoms with Gasteiger partial charge in [0.2, 0.25) is 0 Å². The number of ether oxygens (including phenoxy) is 2. The van der Waals surface area contributed by atoms with E-state index < -0.39 is 0 Å². The quantitative estimate of drug-likeness (QED) is 0.820. The maximum absolute atomic E-state index is 12.0. The number of Topliss-reactive ketones (excluding diaryl/α,β-unsaturated/α-hetero) is 1. The second-order valence-electron chi connectivity index (χ2n) is 4.97. The van der Waals surface area contributed by atoms with Crippen LogP contribution in [0.25, 0.3) is 0 Å². The molecule has 0 radical (unpaired) electrons. The van der Waals surface area contributed by atoms with Crippen LogP contribution in [0.15, 0.2) is 12.1 Å². The highest BCUT2D eigenvalue weighted by Gasteiger charge is 2.21. The van der Waals surface area contributed by atoms with Gasteiger partial charge >= 0.3 is 0 Å². The molecule has 1 aromatic carbocycles. The zero-order valence-corrected chi connectivity index (χ0v) is 12.6. The van der Waals surface area contributed by atoms with Crippen LogP contribution in [0.2, 0.25) is 5.02 Å². The maximum Gasteiger partial charge on any atom is 0.179 e. The Bertz CT molecular complexity index is 484. The third kappa shape index (κ3) is 3.44. The average molecular weight is 298 g/mol. The number of carbonyl (C=O) groups is 1. The monoisotopic (exact) mass is 297 g/mol. The molecule has 20 heavy (non-hydrogen) atoms. The number of ketones is 1. The van der Waals surface area contributed by atoms with Crippen LogP contribution < -0.4 is 14.8 Å². The predicted octanol–water partition coefficient (Wildman–Crippen LogP) is 3.07. The number of halogens is 1. The van der Waals surface area contributed by atoms with E-state index in [1.165, 1.54) is 12.8 Å². The molecule has 0 spiro atoms. The molecule has 2 rings (SSSR count). The van der Waals surface area contributed by atoms with Crippen molar-refractivity contribution in [3.8, 4) is 11.5 Å². The number of methoxy groups -OCH3 is 1. The lowest BCUT2D eigenvalue weighted by molar-refractivity contribution is 0.0992. The number of hydrogen-bond acceptors (Lipinski definition) is 4. The van der Waals surface area contributed by atoms with Gasteiger partial charge in [0.15, 0.2) is 17.3 Å². The number of nitrogens with one attached hydrogen (secondary N) is 1. The van der Waals surface area contributed by atoms with Gasteiger partial charge in [-0.3, -0.25) is 4.79 Å². The molecule has 0 bridgehead atoms. The predicted molar refractivity (Wildman–Crippen MR) is 79.1 cm³/mol. The van der Waals surface area contributed by atoms with Crippen molar-refractivity contribution in [2.75, 3.05) is 20.7 Å². The number of hydrogen-bond donors (Lipinski definition) is 1. The van der Waals surface area contributed by atoms with Crippen LogP contribution in [0, 0.1) is 0 Å². The molecular formula is C15H20ClNO3. The first kappa shape index (κ1) is 15.1. The molecule has 4 nitrogen and oxygen atoms in total. The summed E-state index contributed by atoms with van der Waals surface area (Å²) in [5, 5.41) is 3.25. The lowest BCUT2D eigenvalue weighted by atomic mass is 10.1. The zero-order chi connectivity index (χ0) is 14.5. The molecule has 110 valence electrons. The van der Waals surface area contributed by atoms with Gasteiger partial charge in [-0.25, -0.2) is 0 Å². The maximum atomic E-state index is 12.0. The molecular weight excluding hydrogens is 278 g/mol. The largest absolute Gasteiger partial charge is 0.491 e. The molecule has 1 aliphatic rings. The zero-order valence-electron chi connectivity index (χ0n) is 11.9. The first-order chi connectivity index (χ1) is 9.65. The van der Waals surface area contributed by atoms with Crippen LogP contribution in [-0.4, -0.2) is 32.6 Å². The Morgan fingerprint density at radius 2 is 2.10 bits per heavy atom. The van der Waals surface area contributed by atoms with Crippen molar-refractivity contribution >= 4 is 17.4 Å². The molecule has 0 heterocycles. The summed E-state index contributed by atoms with van der Waals surface area (Å²) in [6.45, 7) is 0.269. The molecule has 1 fully saturated rings. The van der Waals surface area contributed by atoms with Crippen LogP contribution in [0.1, 0.15) is 36.0 Å². The van der Waals surface area contributed by atoms with E-state index in [0.29, 0.717) is 22.1 Å². The van der Waals surface area contributed by atoms with Crippen molar-refractivity contribution < 1.29 is 14.3 Å². The smallest absolute Gasteiger partial charge is 0.179 e. The minimum Gasteiger partial charge on any atom is -0.491 e. The van der Waals surface area contributed by atoms with Gasteiger partial charge in [0, 0.05) is 5.56 Å². The van der Waals surface area contributed by atoms with E-state index in [0.717, 1.165) is 12.8 Å². The second kappa shape index (κ2) is 6.95. The van der Waals surface area contributed by atoms with Crippen LogP contribution in [0.3, 0.4) is 0 Å². The Morgan fingerprint density at radius 1 is 1.40 bits per heavy atom. The van der Waals surface area contributed by atoms with Crippen molar-refractivity contribution in [2.45, 2.75) is 31.8 Å². The fourth-order valence-corrected chi connectivity index (χ4v) is 2.75. The Labute approximate surface area is 124 Å². The van der Waals surface area contributed by atoms with Gasteiger partial charge in [0.1, 0.15) is 0 Å². The van der Waals surface area contributed by atoms with Gasteiger partial charge < -0.3 is 14.8 Å². The first-order valence-corrected chi connectivity index (χ1v) is 7.25. The average Bonchev–Trinajstić information content (AvgIpc) is 2.91. The number of likely N-dealkylation sites (N-methyl/N-ethyl adjacent to an activating group) is 1. The molecule has 1 aliphatic carbocycles. The Hall–Kier alpha value is -1.26.